The predicted octanol–water partition coefficient (Wildman–Crippen LogP) is 3.41. The molecule has 1 aliphatic heterocycles. The minimum Gasteiger partial charge on any atom is -0.468 e. The van der Waals surface area contributed by atoms with Crippen LogP contribution in [0.5, 0.6) is 0 Å². The van der Waals surface area contributed by atoms with Crippen LogP contribution in [0.15, 0.2) is 59.1 Å². The van der Waals surface area contributed by atoms with Crippen LogP contribution < -0.4 is 10.6 Å². The van der Waals surface area contributed by atoms with Crippen molar-refractivity contribution < 1.29 is 19.1 Å². The molecule has 3 rings (SSSR count). The maximum atomic E-state index is 12.8. The smallest absolute Gasteiger partial charge is 0.319 e. The number of hydrogen-bond acceptors (Lipinski definition) is 6. The van der Waals surface area contributed by atoms with E-state index in [1.807, 2.05) is 44.2 Å². The third kappa shape index (κ3) is 5.01. The molecule has 2 atom stereocenters. The van der Waals surface area contributed by atoms with E-state index in [4.69, 9.17) is 4.74 Å². The second kappa shape index (κ2) is 10.2. The molecule has 1 aliphatic rings. The van der Waals surface area contributed by atoms with E-state index in [1.54, 1.807) is 18.2 Å². The van der Waals surface area contributed by atoms with Crippen LogP contribution in [0.2, 0.25) is 0 Å². The summed E-state index contributed by atoms with van der Waals surface area (Å²) in [7, 11) is 1.21. The van der Waals surface area contributed by atoms with Crippen molar-refractivity contribution in [2.75, 3.05) is 18.2 Å². The molecule has 7 nitrogen and oxygen atoms in total. The van der Waals surface area contributed by atoms with Gasteiger partial charge in [0.25, 0.3) is 0 Å². The summed E-state index contributed by atoms with van der Waals surface area (Å²) in [6, 6.07) is 16.8. The Bertz CT molecular complexity index is 1120. The maximum Gasteiger partial charge on any atom is 0.319 e. The number of hydrogen-bond donors (Lipinski definition) is 2. The number of nitrogens with one attached hydrogen (secondary N) is 2. The van der Waals surface area contributed by atoms with Crippen molar-refractivity contribution in [3.8, 4) is 6.07 Å². The molecule has 0 saturated carbocycles. The number of para-hydroxylation sites is 1. The maximum absolute atomic E-state index is 12.8. The van der Waals surface area contributed by atoms with Crippen LogP contribution in [0.1, 0.15) is 22.6 Å². The lowest BCUT2D eigenvalue weighted by Gasteiger charge is -2.31. The van der Waals surface area contributed by atoms with Crippen LogP contribution in [-0.2, 0) is 19.1 Å². The molecular formula is C24H23N3O4S. The van der Waals surface area contributed by atoms with Crippen molar-refractivity contribution in [1.82, 2.24) is 5.32 Å². The molecule has 32 heavy (non-hydrogen) atoms. The topological polar surface area (TPSA) is 108 Å². The summed E-state index contributed by atoms with van der Waals surface area (Å²) in [4.78, 5) is 37.7. The predicted molar refractivity (Wildman–Crippen MR) is 122 cm³/mol. The molecule has 2 amide bonds. The zero-order valence-corrected chi connectivity index (χ0v) is 18.8. The minimum atomic E-state index is -1.19. The van der Waals surface area contributed by atoms with Gasteiger partial charge in [0.1, 0.15) is 5.92 Å². The van der Waals surface area contributed by atoms with Gasteiger partial charge in [0.15, 0.2) is 0 Å². The average molecular weight is 450 g/mol. The molecule has 8 heteroatoms. The van der Waals surface area contributed by atoms with Gasteiger partial charge in [-0.1, -0.05) is 59.8 Å². The van der Waals surface area contributed by atoms with Crippen molar-refractivity contribution in [2.24, 2.45) is 5.92 Å². The Hall–Kier alpha value is -3.57. The fourth-order valence-corrected chi connectivity index (χ4v) is 4.34. The first-order valence-electron chi connectivity index (χ1n) is 9.93. The van der Waals surface area contributed by atoms with Crippen molar-refractivity contribution in [3.63, 3.8) is 0 Å². The standard InChI is InChI=1S/C24H23N3O4S/c1-14-8-10-16(11-9-14)20-17(12-25)23(27-22(29)21(20)24(30)31-3)32-13-19(28)26-18-7-5-4-6-15(18)2/h4-11,20-21H,13H2,1-3H3,(H,26,28)(H,27,29). The van der Waals surface area contributed by atoms with E-state index in [2.05, 4.69) is 16.7 Å². The van der Waals surface area contributed by atoms with Gasteiger partial charge in [-0.2, -0.15) is 5.26 Å². The first-order chi connectivity index (χ1) is 15.3. The van der Waals surface area contributed by atoms with E-state index in [0.29, 0.717) is 11.3 Å². The van der Waals surface area contributed by atoms with E-state index >= 15 is 0 Å². The molecule has 2 aromatic carbocycles. The molecule has 0 saturated heterocycles. The minimum absolute atomic E-state index is 0.0152. The average Bonchev–Trinajstić information content (AvgIpc) is 2.78. The Morgan fingerprint density at radius 2 is 1.84 bits per heavy atom. The number of amides is 2. The Morgan fingerprint density at radius 3 is 2.47 bits per heavy atom. The van der Waals surface area contributed by atoms with Gasteiger partial charge in [0.05, 0.1) is 29.5 Å². The second-order valence-corrected chi connectivity index (χ2v) is 8.37. The summed E-state index contributed by atoms with van der Waals surface area (Å²) >= 11 is 1.05. The summed E-state index contributed by atoms with van der Waals surface area (Å²) in [5.41, 5.74) is 3.50. The number of nitrogens with zero attached hydrogens (tertiary/aromatic N) is 1. The monoisotopic (exact) mass is 449 g/mol. The summed E-state index contributed by atoms with van der Waals surface area (Å²) in [5, 5.41) is 15.6. The quantitative estimate of drug-likeness (QED) is 0.517. The van der Waals surface area contributed by atoms with Gasteiger partial charge in [0.2, 0.25) is 11.8 Å². The highest BCUT2D eigenvalue weighted by Crippen LogP contribution is 2.40. The van der Waals surface area contributed by atoms with Gasteiger partial charge in [-0.15, -0.1) is 0 Å². The molecule has 1 heterocycles. The highest BCUT2D eigenvalue weighted by Gasteiger charge is 2.44. The molecular weight excluding hydrogens is 426 g/mol. The number of ether oxygens (including phenoxy) is 1. The zero-order valence-electron chi connectivity index (χ0n) is 18.0. The Kier molecular flexibility index (Phi) is 7.33. The Balaban J connectivity index is 1.89. The molecule has 164 valence electrons. The lowest BCUT2D eigenvalue weighted by molar-refractivity contribution is -0.150. The Morgan fingerprint density at radius 1 is 1.16 bits per heavy atom. The third-order valence-corrected chi connectivity index (χ3v) is 6.20. The number of benzene rings is 2. The number of allylic oxidation sites excluding steroid dienone is 1. The van der Waals surface area contributed by atoms with E-state index in [-0.39, 0.29) is 22.3 Å². The third-order valence-electron chi connectivity index (χ3n) is 5.19. The molecule has 0 fully saturated rings. The van der Waals surface area contributed by atoms with Crippen LogP contribution in [0.3, 0.4) is 0 Å². The lowest BCUT2D eigenvalue weighted by atomic mass is 9.78. The van der Waals surface area contributed by atoms with Crippen molar-refractivity contribution in [2.45, 2.75) is 19.8 Å². The van der Waals surface area contributed by atoms with E-state index in [9.17, 15) is 19.6 Å². The fraction of sp³-hybridized carbons (Fsp3) is 0.250. The molecule has 0 bridgehead atoms. The molecule has 0 aromatic heterocycles. The molecule has 0 spiro atoms. The number of thioether (sulfide) groups is 1. The van der Waals surface area contributed by atoms with Gasteiger partial charge < -0.3 is 15.4 Å². The first-order valence-corrected chi connectivity index (χ1v) is 10.9. The van der Waals surface area contributed by atoms with E-state index in [0.717, 1.165) is 22.9 Å². The summed E-state index contributed by atoms with van der Waals surface area (Å²) in [5.74, 6) is -3.57. The van der Waals surface area contributed by atoms with Crippen molar-refractivity contribution >= 4 is 35.2 Å². The first kappa shape index (κ1) is 23.1. The number of carbonyl (C=O) groups excluding carboxylic acids is 3. The highest BCUT2D eigenvalue weighted by atomic mass is 32.2. The summed E-state index contributed by atoms with van der Waals surface area (Å²) in [6.07, 6.45) is 0. The summed E-state index contributed by atoms with van der Waals surface area (Å²) in [6.45, 7) is 3.81. The van der Waals surface area contributed by atoms with Gasteiger partial charge in [0, 0.05) is 11.6 Å². The molecule has 2 unspecified atom stereocenters. The molecule has 2 N–H and O–H groups in total. The molecule has 0 radical (unpaired) electrons. The van der Waals surface area contributed by atoms with Crippen LogP contribution in [0.25, 0.3) is 0 Å². The molecule has 0 aliphatic carbocycles. The number of esters is 1. The number of rotatable bonds is 6. The fourth-order valence-electron chi connectivity index (χ4n) is 3.49. The second-order valence-electron chi connectivity index (χ2n) is 7.38. The largest absolute Gasteiger partial charge is 0.468 e. The van der Waals surface area contributed by atoms with Crippen LogP contribution >= 0.6 is 11.8 Å². The van der Waals surface area contributed by atoms with Gasteiger partial charge in [-0.25, -0.2) is 0 Å². The number of carbonyl (C=O) groups is 3. The van der Waals surface area contributed by atoms with Crippen molar-refractivity contribution in [1.29, 1.82) is 5.26 Å². The summed E-state index contributed by atoms with van der Waals surface area (Å²) < 4.78 is 4.84. The SMILES string of the molecule is COC(=O)C1C(=O)NC(SCC(=O)Nc2ccccc2C)=C(C#N)C1c1ccc(C)cc1. The van der Waals surface area contributed by atoms with E-state index in [1.165, 1.54) is 7.11 Å². The van der Waals surface area contributed by atoms with Crippen molar-refractivity contribution in [3.05, 3.63) is 75.8 Å². The lowest BCUT2D eigenvalue weighted by Crippen LogP contribution is -2.44. The van der Waals surface area contributed by atoms with Crippen LogP contribution in [0.4, 0.5) is 5.69 Å². The van der Waals surface area contributed by atoms with E-state index < -0.39 is 23.7 Å². The van der Waals surface area contributed by atoms with Crippen LogP contribution in [0, 0.1) is 31.1 Å². The number of methoxy groups -OCH3 is 1. The molecule has 2 aromatic rings. The Labute approximate surface area is 190 Å². The van der Waals surface area contributed by atoms with Gasteiger partial charge in [-0.3, -0.25) is 14.4 Å². The van der Waals surface area contributed by atoms with Gasteiger partial charge >= 0.3 is 5.97 Å². The highest BCUT2D eigenvalue weighted by molar-refractivity contribution is 8.03. The normalized spacial score (nSPS) is 17.9. The number of anilines is 1. The zero-order chi connectivity index (χ0) is 23.3. The number of nitriles is 1. The van der Waals surface area contributed by atoms with Gasteiger partial charge in [-0.05, 0) is 31.0 Å². The number of aryl methyl sites for hydroxylation is 2. The van der Waals surface area contributed by atoms with Crippen LogP contribution in [-0.4, -0.2) is 30.6 Å².